The Hall–Kier alpha value is -4.77. The van der Waals surface area contributed by atoms with Gasteiger partial charge >= 0.3 is 17.9 Å². The molecule has 1 aromatic carbocycles. The average Bonchev–Trinajstić information content (AvgIpc) is 3.33. The Labute approximate surface area is 277 Å². The third kappa shape index (κ3) is 10.6. The second kappa shape index (κ2) is 17.4. The number of imide groups is 1. The molecule has 1 saturated heterocycles. The molecule has 1 aromatic heterocycles. The van der Waals surface area contributed by atoms with Crippen molar-refractivity contribution in [3.63, 3.8) is 0 Å². The fraction of sp³-hybridized carbons (Fsp3) is 0.469. The summed E-state index contributed by atoms with van der Waals surface area (Å²) in [6.07, 6.45) is 1.78. The Kier molecular flexibility index (Phi) is 13.1. The molecule has 0 radical (unpaired) electrons. The lowest BCUT2D eigenvalue weighted by Gasteiger charge is -2.28. The predicted molar refractivity (Wildman–Crippen MR) is 171 cm³/mol. The van der Waals surface area contributed by atoms with Crippen molar-refractivity contribution in [2.45, 2.75) is 13.0 Å². The van der Waals surface area contributed by atoms with Crippen LogP contribution in [0.15, 0.2) is 42.6 Å². The van der Waals surface area contributed by atoms with Gasteiger partial charge in [0.15, 0.2) is 0 Å². The van der Waals surface area contributed by atoms with Crippen LogP contribution in [0, 0.1) is 0 Å². The minimum Gasteiger partial charge on any atom is -0.480 e. The first-order valence-corrected chi connectivity index (χ1v) is 15.7. The molecular weight excluding hydrogens is 626 g/mol. The number of pyridine rings is 1. The highest BCUT2D eigenvalue weighted by atomic mass is 16.4. The molecule has 0 unspecified atom stereocenters. The number of nitrogens with one attached hydrogen (secondary N) is 1. The standard InChI is InChI=1S/C32H41N7O9/c40-27(41)20-36-13-10-35(11-14-37(16-15-36)21-28(42)43)12-17-38(22-29(44)45)19-24-7-6-23(18-34-24)30(46)33-8-3-9-39-31(47)25-4-1-2-5-26(25)32(39)48/h1-2,4-7,18H,3,8-17,19-22H2,(H,33,46)(H,40,41)(H,42,43)(H,44,45). The van der Waals surface area contributed by atoms with Crippen molar-refractivity contribution < 1.29 is 44.1 Å². The molecule has 0 saturated carbocycles. The number of fused-ring (bicyclic) bond motifs is 1. The lowest BCUT2D eigenvalue weighted by molar-refractivity contribution is -0.140. The Balaban J connectivity index is 1.26. The van der Waals surface area contributed by atoms with E-state index >= 15 is 0 Å². The van der Waals surface area contributed by atoms with Crippen LogP contribution in [0.3, 0.4) is 0 Å². The summed E-state index contributed by atoms with van der Waals surface area (Å²) in [4.78, 5) is 84.8. The quantitative estimate of drug-likeness (QED) is 0.131. The maximum Gasteiger partial charge on any atom is 0.317 e. The van der Waals surface area contributed by atoms with Gasteiger partial charge in [-0.25, -0.2) is 0 Å². The van der Waals surface area contributed by atoms with Gasteiger partial charge in [-0.05, 0) is 30.7 Å². The fourth-order valence-electron chi connectivity index (χ4n) is 5.66. The molecule has 1 fully saturated rings. The van der Waals surface area contributed by atoms with E-state index in [0.717, 1.165) is 0 Å². The van der Waals surface area contributed by atoms with Gasteiger partial charge < -0.3 is 20.6 Å². The van der Waals surface area contributed by atoms with Crippen molar-refractivity contribution in [2.75, 3.05) is 85.1 Å². The molecule has 3 heterocycles. The van der Waals surface area contributed by atoms with Gasteiger partial charge in [-0.2, -0.15) is 0 Å². The van der Waals surface area contributed by atoms with E-state index in [4.69, 9.17) is 0 Å². The number of nitrogens with zero attached hydrogens (tertiary/aromatic N) is 6. The molecule has 4 rings (SSSR count). The largest absolute Gasteiger partial charge is 0.480 e. The second-order valence-corrected chi connectivity index (χ2v) is 11.7. The maximum atomic E-state index is 12.7. The van der Waals surface area contributed by atoms with Crippen LogP contribution in [0.5, 0.6) is 0 Å². The minimum atomic E-state index is -1.02. The smallest absolute Gasteiger partial charge is 0.317 e. The molecular formula is C32H41N7O9. The number of carboxylic acids is 3. The summed E-state index contributed by atoms with van der Waals surface area (Å²) in [6.45, 7) is 3.75. The molecule has 16 nitrogen and oxygen atoms in total. The van der Waals surface area contributed by atoms with Crippen LogP contribution in [-0.2, 0) is 20.9 Å². The monoisotopic (exact) mass is 667 g/mol. The number of carboxylic acid groups (broad SMARTS) is 3. The number of carbonyl (C=O) groups is 6. The summed E-state index contributed by atoms with van der Waals surface area (Å²) in [5.41, 5.74) is 1.61. The van der Waals surface area contributed by atoms with Gasteiger partial charge in [0.2, 0.25) is 0 Å². The molecule has 258 valence electrons. The topological polar surface area (TPSA) is 204 Å². The number of hydrogen-bond donors (Lipinski definition) is 4. The highest BCUT2D eigenvalue weighted by Crippen LogP contribution is 2.22. The van der Waals surface area contributed by atoms with E-state index in [-0.39, 0.29) is 57.0 Å². The summed E-state index contributed by atoms with van der Waals surface area (Å²) >= 11 is 0. The van der Waals surface area contributed by atoms with Crippen LogP contribution in [-0.4, -0.2) is 166 Å². The molecule has 0 aliphatic carbocycles. The zero-order chi connectivity index (χ0) is 34.6. The first-order chi connectivity index (χ1) is 23.0. The third-order valence-electron chi connectivity index (χ3n) is 8.20. The molecule has 0 atom stereocenters. The number of hydrogen-bond acceptors (Lipinski definition) is 11. The fourth-order valence-corrected chi connectivity index (χ4v) is 5.66. The van der Waals surface area contributed by atoms with Gasteiger partial charge in [0.1, 0.15) is 0 Å². The number of benzene rings is 1. The summed E-state index contributed by atoms with van der Waals surface area (Å²) in [5, 5.41) is 30.8. The molecule has 16 heteroatoms. The molecule has 0 spiro atoms. The van der Waals surface area contributed by atoms with E-state index in [9.17, 15) is 44.1 Å². The zero-order valence-electron chi connectivity index (χ0n) is 26.6. The van der Waals surface area contributed by atoms with Crippen molar-refractivity contribution in [3.8, 4) is 0 Å². The van der Waals surface area contributed by atoms with E-state index < -0.39 is 17.9 Å². The number of aromatic nitrogens is 1. The summed E-state index contributed by atoms with van der Waals surface area (Å²) < 4.78 is 0. The third-order valence-corrected chi connectivity index (χ3v) is 8.20. The molecule has 0 bridgehead atoms. The van der Waals surface area contributed by atoms with E-state index in [1.54, 1.807) is 51.1 Å². The van der Waals surface area contributed by atoms with Crippen molar-refractivity contribution in [1.82, 2.24) is 34.8 Å². The number of amides is 3. The van der Waals surface area contributed by atoms with E-state index in [1.165, 1.54) is 11.1 Å². The van der Waals surface area contributed by atoms with Gasteiger partial charge in [0, 0.05) is 78.2 Å². The first-order valence-electron chi connectivity index (χ1n) is 15.7. The highest BCUT2D eigenvalue weighted by Gasteiger charge is 2.34. The lowest BCUT2D eigenvalue weighted by atomic mass is 10.1. The summed E-state index contributed by atoms with van der Waals surface area (Å²) in [5.74, 6) is -4.01. The van der Waals surface area contributed by atoms with Crippen LogP contribution < -0.4 is 5.32 Å². The SMILES string of the molecule is O=C(O)CN1CCN(CCN(CC(=O)O)Cc2ccc(C(=O)NCCCN3C(=O)c4ccccc4C3=O)cn2)CCN(CC(=O)O)CC1. The van der Waals surface area contributed by atoms with Crippen molar-refractivity contribution in [3.05, 3.63) is 65.0 Å². The van der Waals surface area contributed by atoms with Crippen molar-refractivity contribution in [2.24, 2.45) is 0 Å². The van der Waals surface area contributed by atoms with Gasteiger partial charge in [0.05, 0.1) is 42.0 Å². The highest BCUT2D eigenvalue weighted by molar-refractivity contribution is 6.21. The van der Waals surface area contributed by atoms with Crippen LogP contribution in [0.4, 0.5) is 0 Å². The normalized spacial score (nSPS) is 16.3. The van der Waals surface area contributed by atoms with Gasteiger partial charge in [0.25, 0.3) is 17.7 Å². The number of carbonyl (C=O) groups excluding carboxylic acids is 3. The first kappa shape index (κ1) is 36.1. The van der Waals surface area contributed by atoms with Crippen LogP contribution in [0.25, 0.3) is 0 Å². The lowest BCUT2D eigenvalue weighted by Crippen LogP contribution is -2.42. The average molecular weight is 668 g/mol. The minimum absolute atomic E-state index is 0.157. The Morgan fingerprint density at radius 2 is 1.31 bits per heavy atom. The molecule has 4 N–H and O–H groups in total. The van der Waals surface area contributed by atoms with Gasteiger partial charge in [-0.3, -0.25) is 58.3 Å². The number of rotatable bonds is 16. The van der Waals surface area contributed by atoms with Crippen molar-refractivity contribution >= 4 is 35.6 Å². The molecule has 48 heavy (non-hydrogen) atoms. The van der Waals surface area contributed by atoms with Gasteiger partial charge in [-0.15, -0.1) is 0 Å². The molecule has 2 aromatic rings. The van der Waals surface area contributed by atoms with E-state index in [0.29, 0.717) is 81.2 Å². The van der Waals surface area contributed by atoms with E-state index in [1.807, 2.05) is 0 Å². The molecule has 2 aliphatic rings. The Bertz CT molecular complexity index is 1420. The second-order valence-electron chi connectivity index (χ2n) is 11.7. The van der Waals surface area contributed by atoms with Crippen LogP contribution in [0.1, 0.15) is 43.2 Å². The van der Waals surface area contributed by atoms with Crippen LogP contribution >= 0.6 is 0 Å². The predicted octanol–water partition coefficient (Wildman–Crippen LogP) is -0.527. The molecule has 3 amide bonds. The zero-order valence-corrected chi connectivity index (χ0v) is 26.6. The Morgan fingerprint density at radius 3 is 1.81 bits per heavy atom. The summed E-state index contributed by atoms with van der Waals surface area (Å²) in [7, 11) is 0. The van der Waals surface area contributed by atoms with Gasteiger partial charge in [-0.1, -0.05) is 12.1 Å². The van der Waals surface area contributed by atoms with E-state index in [2.05, 4.69) is 15.2 Å². The summed E-state index contributed by atoms with van der Waals surface area (Å²) in [6, 6.07) is 9.88. The Morgan fingerprint density at radius 1 is 0.750 bits per heavy atom. The molecule has 2 aliphatic heterocycles. The van der Waals surface area contributed by atoms with Crippen LogP contribution in [0.2, 0.25) is 0 Å². The maximum absolute atomic E-state index is 12.7. The number of aliphatic carboxylic acids is 3. The van der Waals surface area contributed by atoms with Crippen molar-refractivity contribution in [1.29, 1.82) is 0 Å².